The summed E-state index contributed by atoms with van der Waals surface area (Å²) in [5.41, 5.74) is 12.7. The summed E-state index contributed by atoms with van der Waals surface area (Å²) in [5.74, 6) is 0.678. The molecule has 148 valence electrons. The van der Waals surface area contributed by atoms with Gasteiger partial charge < -0.3 is 15.8 Å². The monoisotopic (exact) mass is 379 g/mol. The van der Waals surface area contributed by atoms with Gasteiger partial charge in [0.2, 0.25) is 0 Å². The first-order valence-corrected chi connectivity index (χ1v) is 9.34. The SMILES string of the molecule is CN=C/C=C(\N)c1ccc(Cc2cc(C=O)c(OCCNC)c(C)c2C)cc1. The number of nitrogens with two attached hydrogens (primary N) is 1. The molecule has 0 bridgehead atoms. The summed E-state index contributed by atoms with van der Waals surface area (Å²) in [6.07, 6.45) is 5.07. The molecule has 0 saturated carbocycles. The molecule has 2 aromatic rings. The molecule has 5 nitrogen and oxygen atoms in total. The van der Waals surface area contributed by atoms with Gasteiger partial charge in [0.25, 0.3) is 0 Å². The van der Waals surface area contributed by atoms with Gasteiger partial charge in [0.15, 0.2) is 6.29 Å². The third kappa shape index (κ3) is 5.30. The Morgan fingerprint density at radius 1 is 1.21 bits per heavy atom. The maximum Gasteiger partial charge on any atom is 0.153 e. The predicted octanol–water partition coefficient (Wildman–Crippen LogP) is 3.31. The lowest BCUT2D eigenvalue weighted by atomic mass is 9.93. The quantitative estimate of drug-likeness (QED) is 0.398. The highest BCUT2D eigenvalue weighted by Crippen LogP contribution is 2.30. The zero-order chi connectivity index (χ0) is 20.5. The maximum absolute atomic E-state index is 11.6. The van der Waals surface area contributed by atoms with Crippen molar-refractivity contribution in [3.05, 3.63) is 69.8 Å². The van der Waals surface area contributed by atoms with E-state index in [0.29, 0.717) is 23.6 Å². The number of aldehydes is 1. The minimum atomic E-state index is 0.524. The average molecular weight is 380 g/mol. The maximum atomic E-state index is 11.6. The highest BCUT2D eigenvalue weighted by atomic mass is 16.5. The first-order valence-electron chi connectivity index (χ1n) is 9.34. The van der Waals surface area contributed by atoms with Gasteiger partial charge in [-0.15, -0.1) is 0 Å². The van der Waals surface area contributed by atoms with Crippen LogP contribution in [0.25, 0.3) is 5.70 Å². The van der Waals surface area contributed by atoms with Crippen molar-refractivity contribution < 1.29 is 9.53 Å². The zero-order valence-electron chi connectivity index (χ0n) is 17.1. The molecule has 2 aromatic carbocycles. The summed E-state index contributed by atoms with van der Waals surface area (Å²) in [6, 6.07) is 10.1. The Hall–Kier alpha value is -2.92. The number of carbonyl (C=O) groups excluding carboxylic acids is 1. The lowest BCUT2D eigenvalue weighted by Crippen LogP contribution is -2.17. The van der Waals surface area contributed by atoms with Crippen LogP contribution in [0.4, 0.5) is 0 Å². The van der Waals surface area contributed by atoms with Crippen LogP contribution in [-0.4, -0.2) is 39.7 Å². The largest absolute Gasteiger partial charge is 0.491 e. The molecule has 0 aliphatic carbocycles. The molecule has 0 radical (unpaired) electrons. The molecule has 0 unspecified atom stereocenters. The number of allylic oxidation sites excluding steroid dienone is 1. The highest BCUT2D eigenvalue weighted by molar-refractivity contribution is 5.83. The van der Waals surface area contributed by atoms with Crippen LogP contribution < -0.4 is 15.8 Å². The van der Waals surface area contributed by atoms with Crippen molar-refractivity contribution in [2.75, 3.05) is 27.2 Å². The fraction of sp³-hybridized carbons (Fsp3) is 0.304. The van der Waals surface area contributed by atoms with Gasteiger partial charge >= 0.3 is 0 Å². The second-order valence-electron chi connectivity index (χ2n) is 6.68. The van der Waals surface area contributed by atoms with Crippen LogP contribution in [0.3, 0.4) is 0 Å². The van der Waals surface area contributed by atoms with Crippen molar-refractivity contribution in [1.29, 1.82) is 0 Å². The van der Waals surface area contributed by atoms with E-state index in [1.165, 1.54) is 0 Å². The Kier molecular flexibility index (Phi) is 7.96. The number of benzene rings is 2. The molecular weight excluding hydrogens is 350 g/mol. The Bertz CT molecular complexity index is 868. The lowest BCUT2D eigenvalue weighted by molar-refractivity contribution is 0.111. The van der Waals surface area contributed by atoms with E-state index < -0.39 is 0 Å². The van der Waals surface area contributed by atoms with Crippen molar-refractivity contribution in [1.82, 2.24) is 5.32 Å². The van der Waals surface area contributed by atoms with Gasteiger partial charge in [-0.1, -0.05) is 24.3 Å². The van der Waals surface area contributed by atoms with Gasteiger partial charge in [-0.3, -0.25) is 9.79 Å². The van der Waals surface area contributed by atoms with E-state index >= 15 is 0 Å². The van der Waals surface area contributed by atoms with E-state index in [9.17, 15) is 4.79 Å². The smallest absolute Gasteiger partial charge is 0.153 e. The first-order chi connectivity index (χ1) is 13.5. The molecule has 3 N–H and O–H groups in total. The van der Waals surface area contributed by atoms with Gasteiger partial charge in [-0.05, 0) is 67.3 Å². The first kappa shape index (κ1) is 21.4. The fourth-order valence-electron chi connectivity index (χ4n) is 2.99. The average Bonchev–Trinajstić information content (AvgIpc) is 2.71. The molecule has 0 heterocycles. The van der Waals surface area contributed by atoms with Crippen LogP contribution in [0.5, 0.6) is 5.75 Å². The molecule has 28 heavy (non-hydrogen) atoms. The molecule has 0 aliphatic heterocycles. The van der Waals surface area contributed by atoms with Crippen LogP contribution in [0.1, 0.15) is 38.2 Å². The molecule has 0 aromatic heterocycles. The van der Waals surface area contributed by atoms with E-state index in [4.69, 9.17) is 10.5 Å². The minimum Gasteiger partial charge on any atom is -0.491 e. The number of likely N-dealkylation sites (N-methyl/N-ethyl adjacent to an activating group) is 1. The third-order valence-corrected chi connectivity index (χ3v) is 4.79. The second kappa shape index (κ2) is 10.4. The molecule has 2 rings (SSSR count). The molecular formula is C23H29N3O2. The molecule has 5 heteroatoms. The number of aliphatic imine (C=N–C) groups is 1. The van der Waals surface area contributed by atoms with E-state index in [0.717, 1.165) is 47.1 Å². The van der Waals surface area contributed by atoms with Crippen molar-refractivity contribution in [2.45, 2.75) is 20.3 Å². The normalized spacial score (nSPS) is 11.8. The van der Waals surface area contributed by atoms with E-state index in [-0.39, 0.29) is 0 Å². The summed E-state index contributed by atoms with van der Waals surface area (Å²) in [5, 5.41) is 3.04. The van der Waals surface area contributed by atoms with Crippen molar-refractivity contribution in [2.24, 2.45) is 10.7 Å². The summed E-state index contributed by atoms with van der Waals surface area (Å²) >= 11 is 0. The number of nitrogens with one attached hydrogen (secondary N) is 1. The van der Waals surface area contributed by atoms with Gasteiger partial charge in [0.1, 0.15) is 12.4 Å². The van der Waals surface area contributed by atoms with Crippen molar-refractivity contribution in [3.8, 4) is 5.75 Å². The van der Waals surface area contributed by atoms with E-state index in [1.54, 1.807) is 19.3 Å². The predicted molar refractivity (Wildman–Crippen MR) is 117 cm³/mol. The van der Waals surface area contributed by atoms with Gasteiger partial charge in [-0.25, -0.2) is 0 Å². The number of hydrogen-bond donors (Lipinski definition) is 2. The van der Waals surface area contributed by atoms with Crippen LogP contribution in [-0.2, 0) is 6.42 Å². The standard InChI is InChI=1S/C23H29N3O2/c1-16-17(2)23(28-12-11-26-4)21(15-27)14-20(16)13-18-5-7-19(8-6-18)22(24)9-10-25-3/h5-10,14-15,26H,11-13,24H2,1-4H3/b22-9-,25-10?. The molecule has 0 atom stereocenters. The van der Waals surface area contributed by atoms with Gasteiger partial charge in [0.05, 0.1) is 5.56 Å². The Morgan fingerprint density at radius 3 is 2.54 bits per heavy atom. The molecule has 0 amide bonds. The highest BCUT2D eigenvalue weighted by Gasteiger charge is 2.14. The van der Waals surface area contributed by atoms with Crippen molar-refractivity contribution in [3.63, 3.8) is 0 Å². The van der Waals surface area contributed by atoms with E-state index in [2.05, 4.69) is 29.4 Å². The molecule has 0 saturated heterocycles. The number of rotatable bonds is 9. The van der Waals surface area contributed by atoms with Gasteiger partial charge in [0, 0.05) is 25.5 Å². The third-order valence-electron chi connectivity index (χ3n) is 4.79. The Labute approximate surface area is 167 Å². The summed E-state index contributed by atoms with van der Waals surface area (Å²) in [6.45, 7) is 5.33. The van der Waals surface area contributed by atoms with Gasteiger partial charge in [-0.2, -0.15) is 0 Å². The fourth-order valence-corrected chi connectivity index (χ4v) is 2.99. The summed E-state index contributed by atoms with van der Waals surface area (Å²) in [7, 11) is 3.58. The molecule has 0 fully saturated rings. The zero-order valence-corrected chi connectivity index (χ0v) is 17.1. The van der Waals surface area contributed by atoms with E-state index in [1.807, 2.05) is 32.2 Å². The van der Waals surface area contributed by atoms with Crippen LogP contribution in [0, 0.1) is 13.8 Å². The van der Waals surface area contributed by atoms with Crippen molar-refractivity contribution >= 4 is 18.2 Å². The molecule has 0 spiro atoms. The number of ether oxygens (including phenoxy) is 1. The summed E-state index contributed by atoms with van der Waals surface area (Å²) < 4.78 is 5.84. The second-order valence-corrected chi connectivity index (χ2v) is 6.68. The number of nitrogens with zero attached hydrogens (tertiary/aromatic N) is 1. The number of hydrogen-bond acceptors (Lipinski definition) is 5. The van der Waals surface area contributed by atoms with Crippen LogP contribution >= 0.6 is 0 Å². The number of carbonyl (C=O) groups is 1. The Morgan fingerprint density at radius 2 is 1.93 bits per heavy atom. The lowest BCUT2D eigenvalue weighted by Gasteiger charge is -2.17. The van der Waals surface area contributed by atoms with Crippen LogP contribution in [0.2, 0.25) is 0 Å². The van der Waals surface area contributed by atoms with Crippen LogP contribution in [0.15, 0.2) is 41.4 Å². The molecule has 0 aliphatic rings. The Balaban J connectivity index is 2.26. The minimum absolute atomic E-state index is 0.524. The topological polar surface area (TPSA) is 76.7 Å². The summed E-state index contributed by atoms with van der Waals surface area (Å²) in [4.78, 5) is 15.5.